The van der Waals surface area contributed by atoms with Gasteiger partial charge in [-0.1, -0.05) is 47.4 Å². The number of rotatable bonds is 8. The number of ether oxygens (including phenoxy) is 1. The standard InChI is InChI=1S/C17H17N3O3S3/c1-23-14-7-5-6-13(12-14)18-16-19-20-17(25-16)24-10-11-26(21,22)15-8-3-2-4-9-15/h2-9,12H,10-11H2,1H3,(H,18,19). The second-order valence-corrected chi connectivity index (χ2v) is 9.64. The van der Waals surface area contributed by atoms with E-state index in [2.05, 4.69) is 15.5 Å². The number of hydrogen-bond acceptors (Lipinski definition) is 8. The molecule has 0 bridgehead atoms. The first kappa shape index (κ1) is 18.7. The first-order valence-electron chi connectivity index (χ1n) is 7.72. The summed E-state index contributed by atoms with van der Waals surface area (Å²) in [4.78, 5) is 0.346. The van der Waals surface area contributed by atoms with E-state index in [1.165, 1.54) is 23.1 Å². The van der Waals surface area contributed by atoms with Gasteiger partial charge in [0.1, 0.15) is 5.75 Å². The van der Waals surface area contributed by atoms with Gasteiger partial charge < -0.3 is 10.1 Å². The molecule has 0 radical (unpaired) electrons. The van der Waals surface area contributed by atoms with Crippen LogP contribution >= 0.6 is 23.1 Å². The van der Waals surface area contributed by atoms with Gasteiger partial charge in [0.2, 0.25) is 5.13 Å². The van der Waals surface area contributed by atoms with Crippen molar-refractivity contribution >= 4 is 43.8 Å². The Hall–Kier alpha value is -2.10. The number of anilines is 2. The van der Waals surface area contributed by atoms with Gasteiger partial charge >= 0.3 is 0 Å². The van der Waals surface area contributed by atoms with Crippen LogP contribution in [0.5, 0.6) is 5.75 Å². The molecule has 3 rings (SSSR count). The molecule has 26 heavy (non-hydrogen) atoms. The highest BCUT2D eigenvalue weighted by molar-refractivity contribution is 8.02. The van der Waals surface area contributed by atoms with Crippen LogP contribution in [0.3, 0.4) is 0 Å². The Morgan fingerprint density at radius 3 is 2.69 bits per heavy atom. The number of thioether (sulfide) groups is 1. The summed E-state index contributed by atoms with van der Waals surface area (Å²) in [5.74, 6) is 1.23. The second-order valence-electron chi connectivity index (χ2n) is 5.21. The number of nitrogens with zero attached hydrogens (tertiary/aromatic N) is 2. The molecule has 0 saturated heterocycles. The third kappa shape index (κ3) is 4.96. The van der Waals surface area contributed by atoms with Gasteiger partial charge in [0.25, 0.3) is 0 Å². The van der Waals surface area contributed by atoms with Crippen molar-refractivity contribution in [3.63, 3.8) is 0 Å². The average Bonchev–Trinajstić information content (AvgIpc) is 3.09. The van der Waals surface area contributed by atoms with Crippen LogP contribution in [0.15, 0.2) is 63.8 Å². The molecular weight excluding hydrogens is 390 g/mol. The van der Waals surface area contributed by atoms with Crippen LogP contribution in [0.2, 0.25) is 0 Å². The molecule has 0 amide bonds. The summed E-state index contributed by atoms with van der Waals surface area (Å²) < 4.78 is 30.4. The van der Waals surface area contributed by atoms with Gasteiger partial charge in [0.15, 0.2) is 14.2 Å². The molecule has 1 aromatic heterocycles. The number of aromatic nitrogens is 2. The third-order valence-corrected chi connectivity index (χ3v) is 7.37. The van der Waals surface area contributed by atoms with Crippen molar-refractivity contribution in [2.45, 2.75) is 9.24 Å². The number of hydrogen-bond donors (Lipinski definition) is 1. The van der Waals surface area contributed by atoms with E-state index in [1.54, 1.807) is 37.4 Å². The van der Waals surface area contributed by atoms with Crippen molar-refractivity contribution in [2.24, 2.45) is 0 Å². The molecule has 0 atom stereocenters. The summed E-state index contributed by atoms with van der Waals surface area (Å²) in [5, 5.41) is 12.0. The minimum absolute atomic E-state index is 0.0555. The van der Waals surface area contributed by atoms with Crippen molar-refractivity contribution in [1.29, 1.82) is 0 Å². The van der Waals surface area contributed by atoms with E-state index in [1.807, 2.05) is 24.3 Å². The zero-order chi connectivity index (χ0) is 18.4. The Balaban J connectivity index is 1.55. The van der Waals surface area contributed by atoms with Gasteiger partial charge in [-0.05, 0) is 24.3 Å². The topological polar surface area (TPSA) is 81.2 Å². The predicted molar refractivity (Wildman–Crippen MR) is 105 cm³/mol. The molecule has 0 aliphatic carbocycles. The average molecular weight is 408 g/mol. The third-order valence-electron chi connectivity index (χ3n) is 3.41. The van der Waals surface area contributed by atoms with E-state index in [9.17, 15) is 8.42 Å². The largest absolute Gasteiger partial charge is 0.497 e. The molecule has 136 valence electrons. The minimum atomic E-state index is -3.27. The van der Waals surface area contributed by atoms with Gasteiger partial charge in [-0.3, -0.25) is 0 Å². The summed E-state index contributed by atoms with van der Waals surface area (Å²) in [5.41, 5.74) is 0.851. The summed E-state index contributed by atoms with van der Waals surface area (Å²) >= 11 is 2.76. The highest BCUT2D eigenvalue weighted by Crippen LogP contribution is 2.29. The zero-order valence-corrected chi connectivity index (χ0v) is 16.4. The number of methoxy groups -OCH3 is 1. The summed E-state index contributed by atoms with van der Waals surface area (Å²) in [6, 6.07) is 16.0. The molecule has 0 saturated carbocycles. The maximum Gasteiger partial charge on any atom is 0.210 e. The lowest BCUT2D eigenvalue weighted by Gasteiger charge is -2.04. The molecule has 0 unspecified atom stereocenters. The lowest BCUT2D eigenvalue weighted by molar-refractivity contribution is 0.415. The van der Waals surface area contributed by atoms with E-state index in [0.717, 1.165) is 15.8 Å². The first-order chi connectivity index (χ1) is 12.6. The molecule has 0 aliphatic heterocycles. The Kier molecular flexibility index (Phi) is 6.12. The van der Waals surface area contributed by atoms with Crippen LogP contribution in [0, 0.1) is 0 Å². The van der Waals surface area contributed by atoms with E-state index >= 15 is 0 Å². The fraction of sp³-hybridized carbons (Fsp3) is 0.176. The smallest absolute Gasteiger partial charge is 0.210 e. The highest BCUT2D eigenvalue weighted by atomic mass is 32.2. The molecule has 0 fully saturated rings. The number of sulfone groups is 1. The summed E-state index contributed by atoms with van der Waals surface area (Å²) in [6.07, 6.45) is 0. The normalized spacial score (nSPS) is 11.3. The Labute approximate surface area is 160 Å². The van der Waals surface area contributed by atoms with Crippen molar-refractivity contribution in [3.05, 3.63) is 54.6 Å². The molecule has 1 N–H and O–H groups in total. The molecular formula is C17H17N3O3S3. The van der Waals surface area contributed by atoms with Gasteiger partial charge in [-0.15, -0.1) is 10.2 Å². The van der Waals surface area contributed by atoms with Gasteiger partial charge in [0, 0.05) is 17.5 Å². The number of nitrogens with one attached hydrogen (secondary N) is 1. The van der Waals surface area contributed by atoms with Crippen LogP contribution in [-0.4, -0.2) is 37.2 Å². The molecule has 1 heterocycles. The monoisotopic (exact) mass is 407 g/mol. The molecule has 6 nitrogen and oxygen atoms in total. The van der Waals surface area contributed by atoms with E-state index in [4.69, 9.17) is 4.74 Å². The molecule has 9 heteroatoms. The zero-order valence-electron chi connectivity index (χ0n) is 14.0. The van der Waals surface area contributed by atoms with E-state index < -0.39 is 9.84 Å². The van der Waals surface area contributed by atoms with Crippen LogP contribution in [0.1, 0.15) is 0 Å². The molecule has 0 spiro atoms. The minimum Gasteiger partial charge on any atom is -0.497 e. The highest BCUT2D eigenvalue weighted by Gasteiger charge is 2.14. The number of benzene rings is 2. The predicted octanol–water partition coefficient (Wildman–Crippen LogP) is 3.86. The van der Waals surface area contributed by atoms with Gasteiger partial charge in [-0.25, -0.2) is 8.42 Å². The van der Waals surface area contributed by atoms with E-state index in [0.29, 0.717) is 15.8 Å². The van der Waals surface area contributed by atoms with Crippen molar-refractivity contribution < 1.29 is 13.2 Å². The lowest BCUT2D eigenvalue weighted by atomic mass is 10.3. The Morgan fingerprint density at radius 1 is 1.12 bits per heavy atom. The quantitative estimate of drug-likeness (QED) is 0.568. The second kappa shape index (κ2) is 8.52. The van der Waals surface area contributed by atoms with E-state index in [-0.39, 0.29) is 5.75 Å². The van der Waals surface area contributed by atoms with Crippen LogP contribution < -0.4 is 10.1 Å². The maximum absolute atomic E-state index is 12.3. The molecule has 2 aromatic carbocycles. The van der Waals surface area contributed by atoms with Crippen LogP contribution in [-0.2, 0) is 9.84 Å². The first-order valence-corrected chi connectivity index (χ1v) is 11.2. The fourth-order valence-electron chi connectivity index (χ4n) is 2.13. The van der Waals surface area contributed by atoms with Crippen LogP contribution in [0.25, 0.3) is 0 Å². The Morgan fingerprint density at radius 2 is 1.92 bits per heavy atom. The lowest BCUT2D eigenvalue weighted by Crippen LogP contribution is -2.08. The summed E-state index contributed by atoms with van der Waals surface area (Å²) in [6.45, 7) is 0. The fourth-order valence-corrected chi connectivity index (χ4v) is 5.64. The summed E-state index contributed by atoms with van der Waals surface area (Å²) in [7, 11) is -1.66. The maximum atomic E-state index is 12.3. The van der Waals surface area contributed by atoms with Gasteiger partial charge in [0.05, 0.1) is 17.8 Å². The van der Waals surface area contributed by atoms with Crippen molar-refractivity contribution in [1.82, 2.24) is 10.2 Å². The van der Waals surface area contributed by atoms with Crippen molar-refractivity contribution in [3.8, 4) is 5.75 Å². The van der Waals surface area contributed by atoms with Crippen LogP contribution in [0.4, 0.5) is 10.8 Å². The SMILES string of the molecule is COc1cccc(Nc2nnc(SCCS(=O)(=O)c3ccccc3)s2)c1. The molecule has 0 aliphatic rings. The molecule has 3 aromatic rings. The Bertz CT molecular complexity index is 959. The van der Waals surface area contributed by atoms with Gasteiger partial charge in [-0.2, -0.15) is 0 Å². The van der Waals surface area contributed by atoms with Crippen molar-refractivity contribution in [2.75, 3.05) is 23.9 Å².